The lowest BCUT2D eigenvalue weighted by molar-refractivity contribution is 0.201. The molecule has 0 aliphatic heterocycles. The van der Waals surface area contributed by atoms with Crippen LogP contribution in [0.4, 0.5) is 0 Å². The van der Waals surface area contributed by atoms with E-state index in [0.29, 0.717) is 16.5 Å². The third-order valence-electron chi connectivity index (χ3n) is 4.13. The Labute approximate surface area is 167 Å². The van der Waals surface area contributed by atoms with Gasteiger partial charge in [0.25, 0.3) is 0 Å². The van der Waals surface area contributed by atoms with Crippen LogP contribution >= 0.6 is 11.3 Å². The summed E-state index contributed by atoms with van der Waals surface area (Å²) in [5, 5.41) is 6.22. The highest BCUT2D eigenvalue weighted by Crippen LogP contribution is 2.41. The first-order chi connectivity index (χ1) is 13.4. The van der Waals surface area contributed by atoms with Gasteiger partial charge in [0, 0.05) is 22.1 Å². The molecule has 0 aliphatic rings. The Morgan fingerprint density at radius 1 is 1.11 bits per heavy atom. The van der Waals surface area contributed by atoms with Gasteiger partial charge in [-0.25, -0.2) is 0 Å². The van der Waals surface area contributed by atoms with Gasteiger partial charge < -0.3 is 19.0 Å². The topological polar surface area (TPSA) is 94.1 Å². The highest BCUT2D eigenvalue weighted by atomic mass is 32.3. The molecule has 0 radical (unpaired) electrons. The average molecular weight is 424 g/mol. The van der Waals surface area contributed by atoms with Crippen molar-refractivity contribution in [1.82, 2.24) is 5.32 Å². The number of methoxy groups -OCH3 is 1. The van der Waals surface area contributed by atoms with Crippen molar-refractivity contribution in [3.8, 4) is 17.2 Å². The Morgan fingerprint density at radius 3 is 2.57 bits per heavy atom. The molecule has 1 heterocycles. The monoisotopic (exact) mass is 423 g/mol. The van der Waals surface area contributed by atoms with E-state index in [-0.39, 0.29) is 17.6 Å². The predicted molar refractivity (Wildman–Crippen MR) is 109 cm³/mol. The van der Waals surface area contributed by atoms with Crippen molar-refractivity contribution in [2.75, 3.05) is 20.7 Å². The maximum absolute atomic E-state index is 11.3. The standard InChI is InChI=1S/C19H21NO6S2/c1-20-11-10-16(18-7-4-12-27-18)25-15-6-3-5-14-13(15)8-9-17(24-2)19(14)26-28(21,22)23/h3-9,12,16,20H,10-11H2,1-2H3,(H,21,22,23)/t16-/m1/s1. The quantitative estimate of drug-likeness (QED) is 0.505. The first-order valence-corrected chi connectivity index (χ1v) is 10.8. The van der Waals surface area contributed by atoms with Gasteiger partial charge in [-0.3, -0.25) is 4.55 Å². The molecule has 0 aliphatic carbocycles. The minimum atomic E-state index is -4.71. The second kappa shape index (κ2) is 8.78. The van der Waals surface area contributed by atoms with Gasteiger partial charge >= 0.3 is 10.4 Å². The minimum Gasteiger partial charge on any atom is -0.493 e. The molecule has 0 fully saturated rings. The summed E-state index contributed by atoms with van der Waals surface area (Å²) >= 11 is 1.61. The van der Waals surface area contributed by atoms with Crippen LogP contribution in [0.2, 0.25) is 0 Å². The van der Waals surface area contributed by atoms with Crippen LogP contribution in [0.5, 0.6) is 17.2 Å². The Morgan fingerprint density at radius 2 is 1.93 bits per heavy atom. The molecule has 150 valence electrons. The molecule has 2 N–H and O–H groups in total. The zero-order valence-electron chi connectivity index (χ0n) is 15.4. The molecule has 28 heavy (non-hydrogen) atoms. The zero-order valence-corrected chi connectivity index (χ0v) is 17.0. The van der Waals surface area contributed by atoms with E-state index in [1.165, 1.54) is 7.11 Å². The molecule has 0 unspecified atom stereocenters. The molecule has 0 saturated carbocycles. The largest absolute Gasteiger partial charge is 0.493 e. The lowest BCUT2D eigenvalue weighted by Crippen LogP contribution is -2.15. The third kappa shape index (κ3) is 4.74. The average Bonchev–Trinajstić information content (AvgIpc) is 3.19. The summed E-state index contributed by atoms with van der Waals surface area (Å²) < 4.78 is 48.0. The number of rotatable bonds is 9. The molecule has 9 heteroatoms. The summed E-state index contributed by atoms with van der Waals surface area (Å²) in [5.41, 5.74) is 0. The molecule has 7 nitrogen and oxygen atoms in total. The Hall–Kier alpha value is -2.33. The number of hydrogen-bond acceptors (Lipinski definition) is 7. The van der Waals surface area contributed by atoms with E-state index < -0.39 is 10.4 Å². The Kier molecular flexibility index (Phi) is 6.40. The molecule has 1 aromatic heterocycles. The van der Waals surface area contributed by atoms with E-state index in [1.54, 1.807) is 35.6 Å². The highest BCUT2D eigenvalue weighted by molar-refractivity contribution is 7.81. The predicted octanol–water partition coefficient (Wildman–Crippen LogP) is 3.82. The van der Waals surface area contributed by atoms with E-state index >= 15 is 0 Å². The van der Waals surface area contributed by atoms with Crippen molar-refractivity contribution >= 4 is 32.5 Å². The van der Waals surface area contributed by atoms with Gasteiger partial charge in [-0.05, 0) is 43.2 Å². The molecule has 1 atom stereocenters. The zero-order chi connectivity index (χ0) is 20.1. The van der Waals surface area contributed by atoms with Crippen LogP contribution in [0.15, 0.2) is 47.8 Å². The number of nitrogens with one attached hydrogen (secondary N) is 1. The fourth-order valence-corrected chi connectivity index (χ4v) is 4.07. The number of thiophene rings is 1. The maximum atomic E-state index is 11.3. The second-order valence-electron chi connectivity index (χ2n) is 5.97. The number of hydrogen-bond donors (Lipinski definition) is 2. The third-order valence-corrected chi connectivity index (χ3v) is 5.47. The summed E-state index contributed by atoms with van der Waals surface area (Å²) in [5.74, 6) is 0.679. The van der Waals surface area contributed by atoms with Crippen LogP contribution in [-0.2, 0) is 10.4 Å². The van der Waals surface area contributed by atoms with Gasteiger partial charge in [0.2, 0.25) is 0 Å². The first-order valence-electron chi connectivity index (χ1n) is 8.54. The SMILES string of the molecule is CNCC[C@@H](Oc1cccc2c(OS(=O)(=O)O)c(OC)ccc12)c1cccs1. The van der Waals surface area contributed by atoms with Crippen LogP contribution in [0.1, 0.15) is 17.4 Å². The molecular formula is C19H21NO6S2. The normalized spacial score (nSPS) is 12.7. The number of fused-ring (bicyclic) bond motifs is 1. The minimum absolute atomic E-state index is 0.0872. The Balaban J connectivity index is 2.05. The van der Waals surface area contributed by atoms with E-state index in [0.717, 1.165) is 17.8 Å². The van der Waals surface area contributed by atoms with E-state index in [4.69, 9.17) is 18.2 Å². The molecule has 3 rings (SSSR count). The summed E-state index contributed by atoms with van der Waals surface area (Å²) in [6.07, 6.45) is 0.601. The van der Waals surface area contributed by atoms with Gasteiger partial charge in [-0.15, -0.1) is 11.3 Å². The van der Waals surface area contributed by atoms with Crippen molar-refractivity contribution in [2.45, 2.75) is 12.5 Å². The van der Waals surface area contributed by atoms with Gasteiger partial charge in [0.1, 0.15) is 11.9 Å². The van der Waals surface area contributed by atoms with E-state index in [1.807, 2.05) is 30.6 Å². The fraction of sp³-hybridized carbons (Fsp3) is 0.263. The van der Waals surface area contributed by atoms with Gasteiger partial charge in [0.15, 0.2) is 11.5 Å². The lowest BCUT2D eigenvalue weighted by atomic mass is 10.1. The van der Waals surface area contributed by atoms with Crippen LogP contribution in [0, 0.1) is 0 Å². The van der Waals surface area contributed by atoms with Gasteiger partial charge in [0.05, 0.1) is 7.11 Å². The number of ether oxygens (including phenoxy) is 2. The molecule has 0 amide bonds. The molecule has 0 saturated heterocycles. The van der Waals surface area contributed by atoms with Crippen molar-refractivity contribution in [3.63, 3.8) is 0 Å². The van der Waals surface area contributed by atoms with Crippen LogP contribution < -0.4 is 19.0 Å². The molecule has 2 aromatic carbocycles. The summed E-state index contributed by atoms with van der Waals surface area (Å²) in [4.78, 5) is 1.09. The highest BCUT2D eigenvalue weighted by Gasteiger charge is 2.20. The fourth-order valence-electron chi connectivity index (χ4n) is 2.90. The summed E-state index contributed by atoms with van der Waals surface area (Å²) in [6.45, 7) is 0.776. The molecular weight excluding hydrogens is 402 g/mol. The summed E-state index contributed by atoms with van der Waals surface area (Å²) in [6, 6.07) is 12.6. The second-order valence-corrected chi connectivity index (χ2v) is 7.97. The lowest BCUT2D eigenvalue weighted by Gasteiger charge is -2.20. The van der Waals surface area contributed by atoms with Crippen LogP contribution in [0.25, 0.3) is 10.8 Å². The first kappa shape index (κ1) is 20.4. The molecule has 0 spiro atoms. The van der Waals surface area contributed by atoms with E-state index in [9.17, 15) is 8.42 Å². The maximum Gasteiger partial charge on any atom is 0.446 e. The van der Waals surface area contributed by atoms with E-state index in [2.05, 4.69) is 5.32 Å². The van der Waals surface area contributed by atoms with Crippen molar-refractivity contribution in [3.05, 3.63) is 52.7 Å². The smallest absolute Gasteiger partial charge is 0.446 e. The van der Waals surface area contributed by atoms with Crippen LogP contribution in [-0.4, -0.2) is 33.7 Å². The summed E-state index contributed by atoms with van der Waals surface area (Å²) in [7, 11) is -1.44. The van der Waals surface area contributed by atoms with Crippen molar-refractivity contribution in [2.24, 2.45) is 0 Å². The van der Waals surface area contributed by atoms with Crippen molar-refractivity contribution in [1.29, 1.82) is 0 Å². The van der Waals surface area contributed by atoms with Crippen LogP contribution in [0.3, 0.4) is 0 Å². The van der Waals surface area contributed by atoms with Gasteiger partial charge in [-0.2, -0.15) is 8.42 Å². The van der Waals surface area contributed by atoms with Gasteiger partial charge in [-0.1, -0.05) is 18.2 Å². The number of benzene rings is 2. The van der Waals surface area contributed by atoms with Crippen molar-refractivity contribution < 1.29 is 26.6 Å². The molecule has 3 aromatic rings. The Bertz CT molecular complexity index is 1030. The molecule has 0 bridgehead atoms.